The van der Waals surface area contributed by atoms with E-state index in [1.807, 2.05) is 19.1 Å². The first-order valence-corrected chi connectivity index (χ1v) is 6.23. The van der Waals surface area contributed by atoms with Crippen molar-refractivity contribution >= 4 is 0 Å². The van der Waals surface area contributed by atoms with E-state index in [0.29, 0.717) is 13.4 Å². The molecule has 1 aromatic carbocycles. The van der Waals surface area contributed by atoms with Gasteiger partial charge in [0.25, 0.3) is 0 Å². The van der Waals surface area contributed by atoms with Gasteiger partial charge in [-0.25, -0.2) is 0 Å². The van der Waals surface area contributed by atoms with Crippen LogP contribution in [0.3, 0.4) is 0 Å². The highest BCUT2D eigenvalue weighted by atomic mass is 16.7. The molecule has 0 amide bonds. The van der Waals surface area contributed by atoms with Crippen molar-refractivity contribution in [3.8, 4) is 5.75 Å². The molecule has 2 N–H and O–H groups in total. The number of hydrogen-bond donors (Lipinski definition) is 1. The first-order chi connectivity index (χ1) is 8.17. The predicted molar refractivity (Wildman–Crippen MR) is 70.3 cm³/mol. The molecule has 0 bridgehead atoms. The summed E-state index contributed by atoms with van der Waals surface area (Å²) in [7, 11) is 0. The quantitative estimate of drug-likeness (QED) is 0.585. The molecular formula is C14H23NO2. The summed E-state index contributed by atoms with van der Waals surface area (Å²) in [5.41, 5.74) is 8.39. The molecule has 96 valence electrons. The smallest absolute Gasteiger partial charge is 0.189 e. The first-order valence-electron chi connectivity index (χ1n) is 6.23. The fourth-order valence-corrected chi connectivity index (χ4v) is 1.62. The SMILES string of the molecule is CCOCOc1ccc(C)cc1CC(N)CC. The third-order valence-electron chi connectivity index (χ3n) is 2.72. The van der Waals surface area contributed by atoms with Crippen LogP contribution in [0.25, 0.3) is 0 Å². The second kappa shape index (κ2) is 7.30. The van der Waals surface area contributed by atoms with E-state index in [2.05, 4.69) is 19.9 Å². The molecule has 0 aliphatic rings. The largest absolute Gasteiger partial charge is 0.467 e. The van der Waals surface area contributed by atoms with E-state index in [1.165, 1.54) is 11.1 Å². The van der Waals surface area contributed by atoms with Gasteiger partial charge in [0.1, 0.15) is 5.75 Å². The highest BCUT2D eigenvalue weighted by Gasteiger charge is 2.08. The standard InChI is InChI=1S/C14H23NO2/c1-4-13(15)9-12-8-11(3)6-7-14(12)17-10-16-5-2/h6-8,13H,4-5,9-10,15H2,1-3H3. The maximum atomic E-state index is 5.99. The van der Waals surface area contributed by atoms with Crippen molar-refractivity contribution in [3.05, 3.63) is 29.3 Å². The fourth-order valence-electron chi connectivity index (χ4n) is 1.62. The van der Waals surface area contributed by atoms with Gasteiger partial charge in [-0.15, -0.1) is 0 Å². The van der Waals surface area contributed by atoms with Gasteiger partial charge in [0.2, 0.25) is 0 Å². The topological polar surface area (TPSA) is 44.5 Å². The minimum absolute atomic E-state index is 0.186. The van der Waals surface area contributed by atoms with Crippen LogP contribution in [0.2, 0.25) is 0 Å². The Morgan fingerprint density at radius 3 is 2.71 bits per heavy atom. The van der Waals surface area contributed by atoms with E-state index in [-0.39, 0.29) is 6.04 Å². The molecule has 1 aromatic rings. The van der Waals surface area contributed by atoms with Gasteiger partial charge in [-0.2, -0.15) is 0 Å². The Morgan fingerprint density at radius 1 is 1.29 bits per heavy atom. The third-order valence-corrected chi connectivity index (χ3v) is 2.72. The van der Waals surface area contributed by atoms with E-state index < -0.39 is 0 Å². The molecule has 0 spiro atoms. The predicted octanol–water partition coefficient (Wildman–Crippen LogP) is 2.65. The molecule has 0 heterocycles. The average molecular weight is 237 g/mol. The second-order valence-corrected chi connectivity index (χ2v) is 4.24. The van der Waals surface area contributed by atoms with Crippen molar-refractivity contribution in [2.45, 2.75) is 39.7 Å². The summed E-state index contributed by atoms with van der Waals surface area (Å²) in [5, 5.41) is 0. The van der Waals surface area contributed by atoms with Crippen LogP contribution in [0.15, 0.2) is 18.2 Å². The van der Waals surface area contributed by atoms with Gasteiger partial charge in [0.05, 0.1) is 0 Å². The third kappa shape index (κ3) is 4.75. The number of hydrogen-bond acceptors (Lipinski definition) is 3. The molecule has 0 radical (unpaired) electrons. The van der Waals surface area contributed by atoms with E-state index in [1.54, 1.807) is 0 Å². The fraction of sp³-hybridized carbons (Fsp3) is 0.571. The Kier molecular flexibility index (Phi) is 6.01. The Hall–Kier alpha value is -1.06. The molecule has 3 heteroatoms. The number of aryl methyl sites for hydroxylation is 1. The zero-order chi connectivity index (χ0) is 12.7. The van der Waals surface area contributed by atoms with Gasteiger partial charge < -0.3 is 15.2 Å². The summed E-state index contributed by atoms with van der Waals surface area (Å²) in [6, 6.07) is 6.36. The molecule has 1 atom stereocenters. The summed E-state index contributed by atoms with van der Waals surface area (Å²) in [4.78, 5) is 0. The molecule has 0 aromatic heterocycles. The Bertz CT molecular complexity index is 339. The number of rotatable bonds is 7. The molecule has 1 unspecified atom stereocenters. The van der Waals surface area contributed by atoms with Crippen molar-refractivity contribution in [3.63, 3.8) is 0 Å². The van der Waals surface area contributed by atoms with Gasteiger partial charge >= 0.3 is 0 Å². The summed E-state index contributed by atoms with van der Waals surface area (Å²) in [6.07, 6.45) is 1.82. The Morgan fingerprint density at radius 2 is 2.06 bits per heavy atom. The maximum absolute atomic E-state index is 5.99. The molecule has 0 aliphatic heterocycles. The highest BCUT2D eigenvalue weighted by molar-refractivity contribution is 5.37. The average Bonchev–Trinajstić information content (AvgIpc) is 2.32. The van der Waals surface area contributed by atoms with E-state index in [9.17, 15) is 0 Å². The van der Waals surface area contributed by atoms with Crippen LogP contribution in [-0.2, 0) is 11.2 Å². The minimum Gasteiger partial charge on any atom is -0.467 e. The zero-order valence-electron chi connectivity index (χ0n) is 11.0. The molecule has 0 saturated heterocycles. The van der Waals surface area contributed by atoms with Crippen molar-refractivity contribution in [1.29, 1.82) is 0 Å². The van der Waals surface area contributed by atoms with E-state index >= 15 is 0 Å². The first kappa shape index (κ1) is 14.0. The molecule has 0 saturated carbocycles. The van der Waals surface area contributed by atoms with Crippen molar-refractivity contribution in [2.75, 3.05) is 13.4 Å². The van der Waals surface area contributed by atoms with Crippen LogP contribution in [-0.4, -0.2) is 19.4 Å². The normalized spacial score (nSPS) is 12.5. The van der Waals surface area contributed by atoms with Crippen LogP contribution < -0.4 is 10.5 Å². The Balaban J connectivity index is 2.72. The lowest BCUT2D eigenvalue weighted by atomic mass is 10.0. The summed E-state index contributed by atoms with van der Waals surface area (Å²) in [6.45, 7) is 7.09. The highest BCUT2D eigenvalue weighted by Crippen LogP contribution is 2.21. The van der Waals surface area contributed by atoms with Gasteiger partial charge in [0, 0.05) is 12.6 Å². The maximum Gasteiger partial charge on any atom is 0.189 e. The van der Waals surface area contributed by atoms with Gasteiger partial charge in [-0.3, -0.25) is 0 Å². The molecular weight excluding hydrogens is 214 g/mol. The molecule has 0 fully saturated rings. The number of nitrogens with two attached hydrogens (primary N) is 1. The zero-order valence-corrected chi connectivity index (χ0v) is 11.0. The van der Waals surface area contributed by atoms with Gasteiger partial charge in [-0.1, -0.05) is 24.6 Å². The molecule has 17 heavy (non-hydrogen) atoms. The number of ether oxygens (including phenoxy) is 2. The van der Waals surface area contributed by atoms with E-state index in [4.69, 9.17) is 15.2 Å². The lowest BCUT2D eigenvalue weighted by molar-refractivity contribution is 0.0218. The Labute approximate surface area is 104 Å². The summed E-state index contributed by atoms with van der Waals surface area (Å²) >= 11 is 0. The molecule has 1 rings (SSSR count). The number of benzene rings is 1. The van der Waals surface area contributed by atoms with Crippen LogP contribution >= 0.6 is 0 Å². The van der Waals surface area contributed by atoms with E-state index in [0.717, 1.165) is 18.6 Å². The van der Waals surface area contributed by atoms with Crippen LogP contribution in [0.5, 0.6) is 5.75 Å². The lowest BCUT2D eigenvalue weighted by Crippen LogP contribution is -2.22. The monoisotopic (exact) mass is 237 g/mol. The minimum atomic E-state index is 0.186. The van der Waals surface area contributed by atoms with Gasteiger partial charge in [-0.05, 0) is 38.3 Å². The van der Waals surface area contributed by atoms with Crippen molar-refractivity contribution < 1.29 is 9.47 Å². The van der Waals surface area contributed by atoms with Crippen LogP contribution in [0, 0.1) is 6.92 Å². The van der Waals surface area contributed by atoms with Crippen LogP contribution in [0.1, 0.15) is 31.4 Å². The molecule has 0 aliphatic carbocycles. The van der Waals surface area contributed by atoms with Crippen molar-refractivity contribution in [1.82, 2.24) is 0 Å². The summed E-state index contributed by atoms with van der Waals surface area (Å²) in [5.74, 6) is 0.882. The second-order valence-electron chi connectivity index (χ2n) is 4.24. The lowest BCUT2D eigenvalue weighted by Gasteiger charge is -2.15. The summed E-state index contributed by atoms with van der Waals surface area (Å²) < 4.78 is 10.8. The van der Waals surface area contributed by atoms with Crippen molar-refractivity contribution in [2.24, 2.45) is 5.73 Å². The van der Waals surface area contributed by atoms with Gasteiger partial charge in [0.15, 0.2) is 6.79 Å². The van der Waals surface area contributed by atoms with Crippen LogP contribution in [0.4, 0.5) is 0 Å². The molecule has 3 nitrogen and oxygen atoms in total.